The molecule has 2 fully saturated rings. The summed E-state index contributed by atoms with van der Waals surface area (Å²) in [5, 5.41) is 8.46. The Balaban J connectivity index is 0.000000286. The van der Waals surface area contributed by atoms with E-state index in [-0.39, 0.29) is 0 Å². The number of carbonyl (C=O) groups is 1. The van der Waals surface area contributed by atoms with Gasteiger partial charge in [-0.15, -0.1) is 0 Å². The standard InChI is InChI=1S/C14H28O2.C6H10O3/c1-2-3-4-5-6-7-8-9-10-11-12-13-14(15)16;1(5-3-8-5)7-2-6-4-9-6/h2-13H2,1H3,(H,15,16);5-6H,1-4H2. The topological polar surface area (TPSA) is 71.6 Å². The second kappa shape index (κ2) is 15.6. The summed E-state index contributed by atoms with van der Waals surface area (Å²) in [5.41, 5.74) is 0. The van der Waals surface area contributed by atoms with Crippen molar-refractivity contribution in [3.63, 3.8) is 0 Å². The van der Waals surface area contributed by atoms with Crippen LogP contribution in [-0.2, 0) is 19.0 Å². The predicted molar refractivity (Wildman–Crippen MR) is 99.0 cm³/mol. The Morgan fingerprint density at radius 1 is 0.840 bits per heavy atom. The van der Waals surface area contributed by atoms with E-state index in [1.807, 2.05) is 0 Å². The highest BCUT2D eigenvalue weighted by atomic mass is 16.6. The van der Waals surface area contributed by atoms with Crippen molar-refractivity contribution in [2.75, 3.05) is 26.4 Å². The van der Waals surface area contributed by atoms with Gasteiger partial charge in [-0.05, 0) is 6.42 Å². The van der Waals surface area contributed by atoms with Gasteiger partial charge in [0.2, 0.25) is 0 Å². The maximum Gasteiger partial charge on any atom is 0.303 e. The van der Waals surface area contributed by atoms with E-state index in [4.69, 9.17) is 19.3 Å². The van der Waals surface area contributed by atoms with Gasteiger partial charge in [-0.1, -0.05) is 71.1 Å². The number of hydrogen-bond acceptors (Lipinski definition) is 4. The van der Waals surface area contributed by atoms with Crippen molar-refractivity contribution in [3.8, 4) is 0 Å². The van der Waals surface area contributed by atoms with Crippen molar-refractivity contribution < 1.29 is 24.1 Å². The molecule has 5 heteroatoms. The highest BCUT2D eigenvalue weighted by Gasteiger charge is 2.26. The summed E-state index contributed by atoms with van der Waals surface area (Å²) in [5.74, 6) is -0.657. The number of carboxylic acids is 1. The lowest BCUT2D eigenvalue weighted by Crippen LogP contribution is -2.06. The predicted octanol–water partition coefficient (Wildman–Crippen LogP) is 4.57. The largest absolute Gasteiger partial charge is 0.481 e. The minimum atomic E-state index is -0.657. The summed E-state index contributed by atoms with van der Waals surface area (Å²) in [7, 11) is 0. The average Bonchev–Trinajstić information content (AvgIpc) is 3.48. The summed E-state index contributed by atoms with van der Waals surface area (Å²) >= 11 is 0. The highest BCUT2D eigenvalue weighted by Crippen LogP contribution is 2.13. The second-order valence-electron chi connectivity index (χ2n) is 7.13. The van der Waals surface area contributed by atoms with Crippen molar-refractivity contribution in [2.45, 2.75) is 96.2 Å². The quantitative estimate of drug-likeness (QED) is 0.323. The van der Waals surface area contributed by atoms with E-state index >= 15 is 0 Å². The van der Waals surface area contributed by atoms with Gasteiger partial charge < -0.3 is 19.3 Å². The molecule has 2 unspecified atom stereocenters. The molecule has 1 N–H and O–H groups in total. The summed E-state index contributed by atoms with van der Waals surface area (Å²) in [6, 6.07) is 0. The molecule has 2 saturated heterocycles. The number of epoxide rings is 2. The third kappa shape index (κ3) is 18.0. The third-order valence-corrected chi connectivity index (χ3v) is 4.41. The molecular weight excluding hydrogens is 320 g/mol. The molecule has 0 bridgehead atoms. The maximum atomic E-state index is 10.3. The van der Waals surface area contributed by atoms with E-state index in [1.165, 1.54) is 57.8 Å². The fourth-order valence-corrected chi connectivity index (χ4v) is 2.60. The second-order valence-corrected chi connectivity index (χ2v) is 7.13. The van der Waals surface area contributed by atoms with Crippen LogP contribution < -0.4 is 0 Å². The SMILES string of the molecule is C(OCC1CO1)C1CO1.CCCCCCCCCCCCCC(=O)O. The molecule has 0 spiro atoms. The number of ether oxygens (including phenoxy) is 3. The third-order valence-electron chi connectivity index (χ3n) is 4.41. The molecule has 0 aromatic heterocycles. The Morgan fingerprint density at radius 3 is 1.60 bits per heavy atom. The summed E-state index contributed by atoms with van der Waals surface area (Å²) in [6.45, 7) is 5.51. The summed E-state index contributed by atoms with van der Waals surface area (Å²) in [6.07, 6.45) is 15.1. The van der Waals surface area contributed by atoms with Crippen LogP contribution in [-0.4, -0.2) is 49.7 Å². The lowest BCUT2D eigenvalue weighted by molar-refractivity contribution is -0.137. The Bertz CT molecular complexity index is 301. The van der Waals surface area contributed by atoms with Gasteiger partial charge in [0.05, 0.1) is 26.4 Å². The van der Waals surface area contributed by atoms with Gasteiger partial charge in [0.15, 0.2) is 0 Å². The van der Waals surface area contributed by atoms with Crippen molar-refractivity contribution >= 4 is 5.97 Å². The smallest absolute Gasteiger partial charge is 0.303 e. The zero-order chi connectivity index (χ0) is 18.2. The van der Waals surface area contributed by atoms with Crippen LogP contribution in [0.5, 0.6) is 0 Å². The lowest BCUT2D eigenvalue weighted by Gasteiger charge is -2.01. The molecule has 0 aromatic carbocycles. The Morgan fingerprint density at radius 2 is 1.24 bits per heavy atom. The molecule has 0 aliphatic carbocycles. The Labute approximate surface area is 153 Å². The molecule has 25 heavy (non-hydrogen) atoms. The van der Waals surface area contributed by atoms with Crippen LogP contribution in [0.3, 0.4) is 0 Å². The average molecular weight is 359 g/mol. The molecule has 0 radical (unpaired) electrons. The van der Waals surface area contributed by atoms with E-state index in [2.05, 4.69) is 6.92 Å². The van der Waals surface area contributed by atoms with Crippen LogP contribution in [0, 0.1) is 0 Å². The Hall–Kier alpha value is -0.650. The molecule has 148 valence electrons. The zero-order valence-corrected chi connectivity index (χ0v) is 16.0. The molecule has 0 aromatic rings. The number of aliphatic carboxylic acids is 1. The van der Waals surface area contributed by atoms with Crippen LogP contribution in [0.1, 0.15) is 84.0 Å². The van der Waals surface area contributed by atoms with Crippen molar-refractivity contribution in [2.24, 2.45) is 0 Å². The molecule has 0 saturated carbocycles. The molecule has 2 rings (SSSR count). The minimum absolute atomic E-state index is 0.344. The maximum absolute atomic E-state index is 10.3. The van der Waals surface area contributed by atoms with Gasteiger partial charge in [-0.25, -0.2) is 0 Å². The van der Waals surface area contributed by atoms with E-state index < -0.39 is 5.97 Å². The molecule has 2 atom stereocenters. The van der Waals surface area contributed by atoms with E-state index in [0.717, 1.165) is 39.3 Å². The molecule has 2 aliphatic rings. The van der Waals surface area contributed by atoms with Crippen LogP contribution in [0.15, 0.2) is 0 Å². The molecule has 2 heterocycles. The zero-order valence-electron chi connectivity index (χ0n) is 16.0. The highest BCUT2D eigenvalue weighted by molar-refractivity contribution is 5.66. The van der Waals surface area contributed by atoms with Crippen LogP contribution >= 0.6 is 0 Å². The normalized spacial score (nSPS) is 20.7. The van der Waals surface area contributed by atoms with Crippen molar-refractivity contribution in [3.05, 3.63) is 0 Å². The van der Waals surface area contributed by atoms with Gasteiger partial charge in [0.1, 0.15) is 12.2 Å². The van der Waals surface area contributed by atoms with Crippen LogP contribution in [0.2, 0.25) is 0 Å². The number of hydrogen-bond donors (Lipinski definition) is 1. The number of unbranched alkanes of at least 4 members (excludes halogenated alkanes) is 10. The van der Waals surface area contributed by atoms with Gasteiger partial charge in [0, 0.05) is 6.42 Å². The van der Waals surface area contributed by atoms with E-state index in [1.54, 1.807) is 0 Å². The Kier molecular flexibility index (Phi) is 14.0. The first-order valence-electron chi connectivity index (χ1n) is 10.2. The summed E-state index contributed by atoms with van der Waals surface area (Å²) < 4.78 is 15.1. The van der Waals surface area contributed by atoms with Gasteiger partial charge in [0.25, 0.3) is 0 Å². The molecule has 2 aliphatic heterocycles. The number of rotatable bonds is 16. The summed E-state index contributed by atoms with van der Waals surface area (Å²) in [4.78, 5) is 10.3. The minimum Gasteiger partial charge on any atom is -0.481 e. The first-order valence-corrected chi connectivity index (χ1v) is 10.2. The van der Waals surface area contributed by atoms with E-state index in [0.29, 0.717) is 18.6 Å². The van der Waals surface area contributed by atoms with Crippen molar-refractivity contribution in [1.82, 2.24) is 0 Å². The molecular formula is C20H38O5. The lowest BCUT2D eigenvalue weighted by atomic mass is 10.1. The van der Waals surface area contributed by atoms with Gasteiger partial charge in [-0.2, -0.15) is 0 Å². The fraction of sp³-hybridized carbons (Fsp3) is 0.950. The van der Waals surface area contributed by atoms with Gasteiger partial charge >= 0.3 is 5.97 Å². The van der Waals surface area contributed by atoms with E-state index in [9.17, 15) is 4.79 Å². The fourth-order valence-electron chi connectivity index (χ4n) is 2.60. The first-order chi connectivity index (χ1) is 12.2. The van der Waals surface area contributed by atoms with Crippen molar-refractivity contribution in [1.29, 1.82) is 0 Å². The van der Waals surface area contributed by atoms with Gasteiger partial charge in [-0.3, -0.25) is 4.79 Å². The number of carboxylic acid groups (broad SMARTS) is 1. The monoisotopic (exact) mass is 358 g/mol. The molecule has 5 nitrogen and oxygen atoms in total. The van der Waals surface area contributed by atoms with Crippen LogP contribution in [0.4, 0.5) is 0 Å². The molecule has 0 amide bonds. The van der Waals surface area contributed by atoms with Crippen LogP contribution in [0.25, 0.3) is 0 Å². The first kappa shape index (κ1) is 22.4.